The predicted octanol–water partition coefficient (Wildman–Crippen LogP) is -0.0625. The number of carbonyl (C=O) groups is 2. The summed E-state index contributed by atoms with van der Waals surface area (Å²) in [5.74, 6) is -1.05. The molecule has 9 nitrogen and oxygen atoms in total. The number of benzene rings is 1. The number of carbonyl (C=O) groups excluding carboxylic acids is 2. The molecule has 1 atom stereocenters. The van der Waals surface area contributed by atoms with E-state index >= 15 is 0 Å². The summed E-state index contributed by atoms with van der Waals surface area (Å²) in [7, 11) is 0. The van der Waals surface area contributed by atoms with Gasteiger partial charge in [0.15, 0.2) is 0 Å². The van der Waals surface area contributed by atoms with Crippen molar-refractivity contribution in [1.82, 2.24) is 10.8 Å². The third kappa shape index (κ3) is 5.16. The third-order valence-electron chi connectivity index (χ3n) is 2.76. The maximum absolute atomic E-state index is 11.7. The summed E-state index contributed by atoms with van der Waals surface area (Å²) in [6.45, 7) is 0.294. The predicted molar refractivity (Wildman–Crippen MR) is 72.6 cm³/mol. The Labute approximate surface area is 120 Å². The summed E-state index contributed by atoms with van der Waals surface area (Å²) in [6.07, 6.45) is 0.750. The molecule has 21 heavy (non-hydrogen) atoms. The smallest absolute Gasteiger partial charge is 0.269 e. The number of nitrogens with zero attached hydrogens (tertiary/aromatic N) is 1. The molecule has 0 unspecified atom stereocenters. The molecule has 0 spiro atoms. The van der Waals surface area contributed by atoms with Crippen molar-refractivity contribution in [3.63, 3.8) is 0 Å². The molecule has 0 radical (unpaired) electrons. The lowest BCUT2D eigenvalue weighted by Crippen LogP contribution is -2.39. The van der Waals surface area contributed by atoms with Gasteiger partial charge in [0.05, 0.1) is 11.0 Å². The molecule has 114 valence electrons. The highest BCUT2D eigenvalue weighted by Gasteiger charge is 2.12. The highest BCUT2D eigenvalue weighted by Crippen LogP contribution is 2.11. The molecule has 1 aromatic rings. The minimum absolute atomic E-state index is 0.0902. The van der Waals surface area contributed by atoms with Gasteiger partial charge >= 0.3 is 0 Å². The second kappa shape index (κ2) is 7.92. The van der Waals surface area contributed by atoms with Gasteiger partial charge < -0.3 is 11.1 Å². The van der Waals surface area contributed by atoms with Gasteiger partial charge in [0.1, 0.15) is 0 Å². The SMILES string of the molecule is N[C@@H](CCCNC(=O)c1ccc([N+](=O)[O-])cc1)C(=O)NO. The Morgan fingerprint density at radius 3 is 2.48 bits per heavy atom. The summed E-state index contributed by atoms with van der Waals surface area (Å²) in [6, 6.07) is 4.37. The summed E-state index contributed by atoms with van der Waals surface area (Å²) in [4.78, 5) is 32.6. The van der Waals surface area contributed by atoms with Gasteiger partial charge in [-0.25, -0.2) is 5.48 Å². The first kappa shape index (κ1) is 16.5. The average molecular weight is 296 g/mol. The number of hydrogen-bond acceptors (Lipinski definition) is 6. The summed E-state index contributed by atoms with van der Waals surface area (Å²) in [5, 5.41) is 21.4. The highest BCUT2D eigenvalue weighted by molar-refractivity contribution is 5.94. The van der Waals surface area contributed by atoms with Crippen LogP contribution in [-0.4, -0.2) is 34.5 Å². The van der Waals surface area contributed by atoms with E-state index < -0.39 is 16.9 Å². The molecule has 2 amide bonds. The van der Waals surface area contributed by atoms with Crippen molar-refractivity contribution in [3.8, 4) is 0 Å². The van der Waals surface area contributed by atoms with Gasteiger partial charge in [-0.1, -0.05) is 0 Å². The molecule has 1 rings (SSSR count). The third-order valence-corrected chi connectivity index (χ3v) is 2.76. The number of nitro groups is 1. The number of amides is 2. The van der Waals surface area contributed by atoms with Gasteiger partial charge in [0, 0.05) is 24.2 Å². The summed E-state index contributed by atoms with van der Waals surface area (Å²) < 4.78 is 0. The van der Waals surface area contributed by atoms with Crippen LogP contribution in [0.15, 0.2) is 24.3 Å². The largest absolute Gasteiger partial charge is 0.352 e. The Balaban J connectivity index is 2.37. The van der Waals surface area contributed by atoms with Crippen LogP contribution >= 0.6 is 0 Å². The van der Waals surface area contributed by atoms with Crippen molar-refractivity contribution < 1.29 is 19.7 Å². The van der Waals surface area contributed by atoms with E-state index in [2.05, 4.69) is 5.32 Å². The summed E-state index contributed by atoms with van der Waals surface area (Å²) in [5.41, 5.74) is 7.11. The summed E-state index contributed by atoms with van der Waals surface area (Å²) >= 11 is 0. The molecular weight excluding hydrogens is 280 g/mol. The van der Waals surface area contributed by atoms with E-state index in [0.29, 0.717) is 24.9 Å². The van der Waals surface area contributed by atoms with Crippen molar-refractivity contribution >= 4 is 17.5 Å². The number of non-ortho nitro benzene ring substituents is 1. The number of nitrogens with one attached hydrogen (secondary N) is 2. The molecule has 0 saturated heterocycles. The van der Waals surface area contributed by atoms with E-state index in [1.807, 2.05) is 0 Å². The van der Waals surface area contributed by atoms with Crippen LogP contribution in [0.3, 0.4) is 0 Å². The number of hydrogen-bond donors (Lipinski definition) is 4. The molecule has 0 aliphatic carbocycles. The lowest BCUT2D eigenvalue weighted by atomic mass is 10.1. The van der Waals surface area contributed by atoms with Crippen molar-refractivity contribution in [2.45, 2.75) is 18.9 Å². The standard InChI is InChI=1S/C12H16N4O5/c13-10(12(18)15-19)2-1-7-14-11(17)8-3-5-9(6-4-8)16(20)21/h3-6,10,19H,1-2,7,13H2,(H,14,17)(H,15,18)/t10-/m0/s1. The molecule has 0 saturated carbocycles. The first-order valence-corrected chi connectivity index (χ1v) is 6.18. The fraction of sp³-hybridized carbons (Fsp3) is 0.333. The zero-order valence-corrected chi connectivity index (χ0v) is 11.1. The molecule has 0 aliphatic rings. The normalized spacial score (nSPS) is 11.5. The molecule has 0 fully saturated rings. The van der Waals surface area contributed by atoms with Gasteiger partial charge in [-0.05, 0) is 25.0 Å². The molecule has 0 aromatic heterocycles. The van der Waals surface area contributed by atoms with Crippen LogP contribution in [0.2, 0.25) is 0 Å². The van der Waals surface area contributed by atoms with Gasteiger partial charge in [-0.15, -0.1) is 0 Å². The average Bonchev–Trinajstić information content (AvgIpc) is 2.50. The van der Waals surface area contributed by atoms with E-state index in [1.165, 1.54) is 29.7 Å². The Morgan fingerprint density at radius 2 is 1.95 bits per heavy atom. The van der Waals surface area contributed by atoms with E-state index in [9.17, 15) is 19.7 Å². The van der Waals surface area contributed by atoms with E-state index in [4.69, 9.17) is 10.9 Å². The Bertz CT molecular complexity index is 517. The molecular formula is C12H16N4O5. The second-order valence-corrected chi connectivity index (χ2v) is 4.28. The molecule has 0 heterocycles. The van der Waals surface area contributed by atoms with E-state index in [1.54, 1.807) is 0 Å². The van der Waals surface area contributed by atoms with Gasteiger partial charge in [0.2, 0.25) is 0 Å². The lowest BCUT2D eigenvalue weighted by molar-refractivity contribution is -0.384. The second-order valence-electron chi connectivity index (χ2n) is 4.28. The first-order chi connectivity index (χ1) is 9.95. The lowest BCUT2D eigenvalue weighted by Gasteiger charge is -2.09. The number of rotatable bonds is 7. The van der Waals surface area contributed by atoms with Crippen LogP contribution in [0.4, 0.5) is 5.69 Å². The van der Waals surface area contributed by atoms with Crippen LogP contribution in [0.25, 0.3) is 0 Å². The maximum atomic E-state index is 11.7. The van der Waals surface area contributed by atoms with Crippen molar-refractivity contribution in [2.75, 3.05) is 6.54 Å². The molecule has 0 aliphatic heterocycles. The fourth-order valence-corrected chi connectivity index (χ4v) is 1.57. The number of nitro benzene ring substituents is 1. The van der Waals surface area contributed by atoms with Crippen LogP contribution in [0.5, 0.6) is 0 Å². The van der Waals surface area contributed by atoms with Gasteiger partial charge in [0.25, 0.3) is 17.5 Å². The maximum Gasteiger partial charge on any atom is 0.269 e. The molecule has 9 heteroatoms. The van der Waals surface area contributed by atoms with Crippen LogP contribution in [0.1, 0.15) is 23.2 Å². The van der Waals surface area contributed by atoms with Gasteiger partial charge in [-0.2, -0.15) is 0 Å². The molecule has 0 bridgehead atoms. The van der Waals surface area contributed by atoms with Crippen LogP contribution in [0, 0.1) is 10.1 Å². The number of hydroxylamine groups is 1. The highest BCUT2D eigenvalue weighted by atomic mass is 16.6. The zero-order chi connectivity index (χ0) is 15.8. The fourth-order valence-electron chi connectivity index (χ4n) is 1.57. The first-order valence-electron chi connectivity index (χ1n) is 6.18. The van der Waals surface area contributed by atoms with Crippen LogP contribution in [-0.2, 0) is 4.79 Å². The molecule has 5 N–H and O–H groups in total. The monoisotopic (exact) mass is 296 g/mol. The van der Waals surface area contributed by atoms with Crippen LogP contribution < -0.4 is 16.5 Å². The van der Waals surface area contributed by atoms with E-state index in [0.717, 1.165) is 0 Å². The minimum atomic E-state index is -0.841. The van der Waals surface area contributed by atoms with Gasteiger partial charge in [-0.3, -0.25) is 24.9 Å². The van der Waals surface area contributed by atoms with Crippen molar-refractivity contribution in [1.29, 1.82) is 0 Å². The van der Waals surface area contributed by atoms with Crippen molar-refractivity contribution in [3.05, 3.63) is 39.9 Å². The topological polar surface area (TPSA) is 148 Å². The Kier molecular flexibility index (Phi) is 6.24. The minimum Gasteiger partial charge on any atom is -0.352 e. The Hall–Kier alpha value is -2.52. The zero-order valence-electron chi connectivity index (χ0n) is 11.1. The quantitative estimate of drug-likeness (QED) is 0.240. The molecule has 1 aromatic carbocycles. The van der Waals surface area contributed by atoms with E-state index in [-0.39, 0.29) is 11.6 Å². The number of nitrogens with two attached hydrogens (primary N) is 1. The Morgan fingerprint density at radius 1 is 1.33 bits per heavy atom. The van der Waals surface area contributed by atoms with Crippen molar-refractivity contribution in [2.24, 2.45) is 5.73 Å².